The van der Waals surface area contributed by atoms with Gasteiger partial charge in [-0.25, -0.2) is 4.98 Å². The predicted molar refractivity (Wildman–Crippen MR) is 98.2 cm³/mol. The highest BCUT2D eigenvalue weighted by molar-refractivity contribution is 6.02. The fraction of sp³-hybridized carbons (Fsp3) is 0.158. The average molecular weight is 421 g/mol. The Bertz CT molecular complexity index is 1190. The number of carbonyl (C=O) groups excluding carboxylic acids is 1. The molecule has 0 unspecified atom stereocenters. The van der Waals surface area contributed by atoms with E-state index in [2.05, 4.69) is 4.98 Å². The molecule has 0 saturated carbocycles. The Kier molecular flexibility index (Phi) is 5.45. The number of aliphatic carboxylic acids is 1. The molecule has 3 aromatic rings. The number of benzene rings is 1. The minimum atomic E-state index is -4.52. The quantitative estimate of drug-likeness (QED) is 0.579. The highest BCUT2D eigenvalue weighted by atomic mass is 19.4. The average Bonchev–Trinajstić information content (AvgIpc) is 2.69. The molecule has 156 valence electrons. The number of halogens is 3. The van der Waals surface area contributed by atoms with Crippen molar-refractivity contribution in [2.45, 2.75) is 12.7 Å². The minimum Gasteiger partial charge on any atom is -0.506 e. The number of hydrogen-bond donors (Lipinski definition) is 3. The van der Waals surface area contributed by atoms with Gasteiger partial charge in [0.2, 0.25) is 0 Å². The van der Waals surface area contributed by atoms with Crippen LogP contribution in [-0.2, 0) is 17.5 Å². The van der Waals surface area contributed by atoms with Gasteiger partial charge in [0.15, 0.2) is 0 Å². The largest absolute Gasteiger partial charge is 0.506 e. The molecular weight excluding hydrogens is 407 g/mol. The Labute approximate surface area is 166 Å². The van der Waals surface area contributed by atoms with Crippen molar-refractivity contribution in [3.8, 4) is 5.75 Å². The molecule has 0 fully saturated rings. The number of rotatable bonds is 5. The lowest BCUT2D eigenvalue weighted by Crippen LogP contribution is -2.36. The lowest BCUT2D eigenvalue weighted by Gasteiger charge is -2.14. The van der Waals surface area contributed by atoms with E-state index in [9.17, 15) is 32.7 Å². The molecule has 1 amide bonds. The molecule has 2 heterocycles. The molecule has 8 nitrogen and oxygen atoms in total. The molecule has 2 aromatic heterocycles. The van der Waals surface area contributed by atoms with Gasteiger partial charge in [0.1, 0.15) is 23.5 Å². The van der Waals surface area contributed by atoms with Crippen molar-refractivity contribution in [1.29, 1.82) is 0 Å². The molecule has 0 bridgehead atoms. The first-order valence-electron chi connectivity index (χ1n) is 8.46. The Hall–Kier alpha value is -3.89. The third-order valence-electron chi connectivity index (χ3n) is 4.24. The third kappa shape index (κ3) is 4.09. The maximum atomic E-state index is 12.9. The molecule has 1 aromatic carbocycles. The number of aromatic hydroxyl groups is 1. The normalized spacial score (nSPS) is 11.4. The van der Waals surface area contributed by atoms with E-state index in [1.807, 2.05) is 5.32 Å². The lowest BCUT2D eigenvalue weighted by molar-refractivity contribution is -0.138. The van der Waals surface area contributed by atoms with E-state index in [0.29, 0.717) is 5.56 Å². The van der Waals surface area contributed by atoms with Crippen LogP contribution in [-0.4, -0.2) is 38.2 Å². The van der Waals surface area contributed by atoms with Crippen molar-refractivity contribution in [1.82, 2.24) is 14.9 Å². The topological polar surface area (TPSA) is 122 Å². The molecule has 0 saturated heterocycles. The molecule has 3 N–H and O–H groups in total. The highest BCUT2D eigenvalue weighted by Crippen LogP contribution is 2.29. The number of alkyl halides is 3. The van der Waals surface area contributed by atoms with E-state index in [1.54, 1.807) is 0 Å². The van der Waals surface area contributed by atoms with Gasteiger partial charge in [0.25, 0.3) is 11.5 Å². The van der Waals surface area contributed by atoms with E-state index in [4.69, 9.17) is 5.11 Å². The smallest absolute Gasteiger partial charge is 0.416 e. The monoisotopic (exact) mass is 421 g/mol. The number of hydrogen-bond acceptors (Lipinski definition) is 5. The fourth-order valence-corrected chi connectivity index (χ4v) is 2.84. The number of nitrogens with zero attached hydrogens (tertiary/aromatic N) is 2. The number of fused-ring (bicyclic) bond motifs is 1. The first kappa shape index (κ1) is 20.8. The summed E-state index contributed by atoms with van der Waals surface area (Å²) in [5, 5.41) is 21.1. The van der Waals surface area contributed by atoms with Crippen molar-refractivity contribution in [2.75, 3.05) is 6.54 Å². The van der Waals surface area contributed by atoms with Gasteiger partial charge in [-0.2, -0.15) is 13.2 Å². The Balaban J connectivity index is 2.11. The second-order valence-electron chi connectivity index (χ2n) is 6.26. The number of carbonyl (C=O) groups is 2. The number of carboxylic acid groups (broad SMARTS) is 1. The Morgan fingerprint density at radius 2 is 1.80 bits per heavy atom. The van der Waals surface area contributed by atoms with Crippen molar-refractivity contribution in [2.24, 2.45) is 0 Å². The number of pyridine rings is 2. The second-order valence-corrected chi connectivity index (χ2v) is 6.26. The fourth-order valence-electron chi connectivity index (χ4n) is 2.84. The maximum absolute atomic E-state index is 12.9. The first-order chi connectivity index (χ1) is 14.1. The highest BCUT2D eigenvalue weighted by Gasteiger charge is 2.30. The summed E-state index contributed by atoms with van der Waals surface area (Å²) in [6.07, 6.45) is -3.17. The summed E-state index contributed by atoms with van der Waals surface area (Å²) in [6.45, 7) is -1.01. The van der Waals surface area contributed by atoms with Gasteiger partial charge in [-0.3, -0.25) is 19.0 Å². The van der Waals surface area contributed by atoms with Gasteiger partial charge in [-0.05, 0) is 29.8 Å². The van der Waals surface area contributed by atoms with Crippen LogP contribution >= 0.6 is 0 Å². The summed E-state index contributed by atoms with van der Waals surface area (Å²) in [5.74, 6) is -3.13. The van der Waals surface area contributed by atoms with Crippen LogP contribution in [0.15, 0.2) is 47.4 Å². The van der Waals surface area contributed by atoms with Gasteiger partial charge >= 0.3 is 12.1 Å². The van der Waals surface area contributed by atoms with Crippen LogP contribution in [0.2, 0.25) is 0 Å². The van der Waals surface area contributed by atoms with Crippen LogP contribution in [0, 0.1) is 0 Å². The van der Waals surface area contributed by atoms with Crippen LogP contribution in [0.25, 0.3) is 11.0 Å². The molecule has 30 heavy (non-hydrogen) atoms. The molecule has 0 aliphatic carbocycles. The van der Waals surface area contributed by atoms with Crippen molar-refractivity contribution in [3.63, 3.8) is 0 Å². The number of amides is 1. The number of carboxylic acids is 1. The summed E-state index contributed by atoms with van der Waals surface area (Å²) >= 11 is 0. The summed E-state index contributed by atoms with van der Waals surface area (Å²) in [4.78, 5) is 39.9. The van der Waals surface area contributed by atoms with E-state index >= 15 is 0 Å². The molecular formula is C19H14F3N3O5. The zero-order chi connectivity index (χ0) is 22.1. The van der Waals surface area contributed by atoms with Crippen LogP contribution < -0.4 is 10.9 Å². The minimum absolute atomic E-state index is 0.00897. The first-order valence-corrected chi connectivity index (χ1v) is 8.46. The van der Waals surface area contributed by atoms with Crippen LogP contribution in [0.4, 0.5) is 13.2 Å². The molecule has 0 spiro atoms. The van der Waals surface area contributed by atoms with Crippen molar-refractivity contribution in [3.05, 3.63) is 69.6 Å². The summed E-state index contributed by atoms with van der Waals surface area (Å²) < 4.78 is 39.3. The zero-order valence-corrected chi connectivity index (χ0v) is 15.1. The number of aromatic nitrogens is 2. The van der Waals surface area contributed by atoms with Gasteiger partial charge in [0, 0.05) is 6.20 Å². The van der Waals surface area contributed by atoms with E-state index in [-0.39, 0.29) is 17.6 Å². The molecule has 0 radical (unpaired) electrons. The SMILES string of the molecule is O=C(O)CNC(=O)c1c(O)c2cccnc2n(Cc2ccc(C(F)(F)F)cc2)c1=O. The van der Waals surface area contributed by atoms with Crippen molar-refractivity contribution >= 4 is 22.9 Å². The Morgan fingerprint density at radius 1 is 1.13 bits per heavy atom. The van der Waals surface area contributed by atoms with Gasteiger partial charge in [-0.1, -0.05) is 12.1 Å². The molecule has 11 heteroatoms. The maximum Gasteiger partial charge on any atom is 0.416 e. The zero-order valence-electron chi connectivity index (χ0n) is 15.1. The summed E-state index contributed by atoms with van der Waals surface area (Å²) in [6, 6.07) is 6.93. The lowest BCUT2D eigenvalue weighted by atomic mass is 10.1. The molecule has 0 atom stereocenters. The third-order valence-corrected chi connectivity index (χ3v) is 4.24. The van der Waals surface area contributed by atoms with Crippen molar-refractivity contribution < 1.29 is 33.0 Å². The number of nitrogens with one attached hydrogen (secondary N) is 1. The molecule has 3 rings (SSSR count). The standard InChI is InChI=1S/C19H14F3N3O5/c20-19(21,22)11-5-3-10(4-6-11)9-25-16-12(2-1-7-23-16)15(28)14(18(25)30)17(29)24-8-13(26)27/h1-7,28H,8-9H2,(H,24,29)(H,26,27). The van der Waals surface area contributed by atoms with E-state index < -0.39 is 47.0 Å². The van der Waals surface area contributed by atoms with E-state index in [0.717, 1.165) is 16.7 Å². The second kappa shape index (κ2) is 7.85. The molecule has 0 aliphatic heterocycles. The molecule has 0 aliphatic rings. The summed E-state index contributed by atoms with van der Waals surface area (Å²) in [5.41, 5.74) is -2.19. The van der Waals surface area contributed by atoms with Gasteiger partial charge in [0.05, 0.1) is 17.5 Å². The van der Waals surface area contributed by atoms with E-state index in [1.165, 1.54) is 30.5 Å². The van der Waals surface area contributed by atoms with Crippen LogP contribution in [0.3, 0.4) is 0 Å². The van der Waals surface area contributed by atoms with Gasteiger partial charge < -0.3 is 15.5 Å². The van der Waals surface area contributed by atoms with Gasteiger partial charge in [-0.15, -0.1) is 0 Å². The predicted octanol–water partition coefficient (Wildman–Crippen LogP) is 1.98. The van der Waals surface area contributed by atoms with Crippen LogP contribution in [0.5, 0.6) is 5.75 Å². The van der Waals surface area contributed by atoms with Crippen LogP contribution in [0.1, 0.15) is 21.5 Å². The Morgan fingerprint density at radius 3 is 2.40 bits per heavy atom. The summed E-state index contributed by atoms with van der Waals surface area (Å²) in [7, 11) is 0.